The van der Waals surface area contributed by atoms with Gasteiger partial charge in [-0.15, -0.1) is 0 Å². The van der Waals surface area contributed by atoms with Crippen LogP contribution in [0.25, 0.3) is 0 Å². The van der Waals surface area contributed by atoms with Crippen LogP contribution in [0.3, 0.4) is 0 Å². The van der Waals surface area contributed by atoms with Crippen LogP contribution in [0.2, 0.25) is 0 Å². The van der Waals surface area contributed by atoms with Crippen molar-refractivity contribution in [3.05, 3.63) is 41.5 Å². The largest absolute Gasteiger partial charge is 0.308 e. The normalized spacial score (nSPS) is 42.3. The second-order valence-electron chi connectivity index (χ2n) is 13.0. The standard InChI is InChI=1S/C30H43N3O2S/c1-20-26-11-12-28-25-10-7-22-17-23(33(4)36(34,35)24-8-5-21(18-31)6-9-24)13-15-29(22,2)27(25)14-16-30(26,28)19-32(20)3/h5-9,18,20,23,25-28,31H,10-17,19H2,1-4H3/t20-,23-,25+,26+,27?,28?,29-,30-/m0/s1. The maximum atomic E-state index is 13.4. The zero-order valence-electron chi connectivity index (χ0n) is 22.4. The molecule has 0 amide bonds. The Morgan fingerprint density at radius 3 is 2.50 bits per heavy atom. The number of nitrogens with zero attached hydrogens (tertiary/aromatic N) is 2. The van der Waals surface area contributed by atoms with Gasteiger partial charge in [0.1, 0.15) is 0 Å². The van der Waals surface area contributed by atoms with Gasteiger partial charge >= 0.3 is 0 Å². The average Bonchev–Trinajstić information content (AvgIpc) is 3.36. The van der Waals surface area contributed by atoms with Gasteiger partial charge in [-0.1, -0.05) is 30.7 Å². The molecule has 5 nitrogen and oxygen atoms in total. The van der Waals surface area contributed by atoms with E-state index >= 15 is 0 Å². The third-order valence-electron chi connectivity index (χ3n) is 11.9. The monoisotopic (exact) mass is 509 g/mol. The van der Waals surface area contributed by atoms with E-state index in [2.05, 4.69) is 31.9 Å². The molecule has 8 atom stereocenters. The van der Waals surface area contributed by atoms with E-state index in [0.29, 0.717) is 15.9 Å². The Morgan fingerprint density at radius 1 is 1.06 bits per heavy atom. The van der Waals surface area contributed by atoms with Gasteiger partial charge < -0.3 is 10.3 Å². The molecule has 36 heavy (non-hydrogen) atoms. The molecule has 1 saturated heterocycles. The van der Waals surface area contributed by atoms with Crippen molar-refractivity contribution in [2.24, 2.45) is 34.5 Å². The molecular formula is C30H43N3O2S. The molecule has 4 fully saturated rings. The van der Waals surface area contributed by atoms with Crippen molar-refractivity contribution >= 4 is 16.2 Å². The molecule has 0 bridgehead atoms. The predicted octanol–water partition coefficient (Wildman–Crippen LogP) is 5.57. The first-order valence-electron chi connectivity index (χ1n) is 14.1. The summed E-state index contributed by atoms with van der Waals surface area (Å²) >= 11 is 0. The van der Waals surface area contributed by atoms with Gasteiger partial charge in [0.2, 0.25) is 10.0 Å². The highest BCUT2D eigenvalue weighted by Gasteiger charge is 2.64. The van der Waals surface area contributed by atoms with E-state index in [0.717, 1.165) is 49.0 Å². The second kappa shape index (κ2) is 8.51. The van der Waals surface area contributed by atoms with Crippen LogP contribution >= 0.6 is 0 Å². The number of benzene rings is 1. The number of likely N-dealkylation sites (tertiary alicyclic amines) is 1. The van der Waals surface area contributed by atoms with Crippen molar-refractivity contribution in [3.63, 3.8) is 0 Å². The quantitative estimate of drug-likeness (QED) is 0.427. The van der Waals surface area contributed by atoms with Crippen LogP contribution in [0.4, 0.5) is 0 Å². The van der Waals surface area contributed by atoms with Crippen LogP contribution in [-0.2, 0) is 10.0 Å². The van der Waals surface area contributed by atoms with Crippen molar-refractivity contribution in [2.75, 3.05) is 20.6 Å². The maximum absolute atomic E-state index is 13.4. The summed E-state index contributed by atoms with van der Waals surface area (Å²) in [6, 6.07) is 7.44. The van der Waals surface area contributed by atoms with Crippen LogP contribution in [-0.4, -0.2) is 56.6 Å². The van der Waals surface area contributed by atoms with Crippen molar-refractivity contribution in [2.45, 2.75) is 82.2 Å². The number of sulfonamides is 1. The van der Waals surface area contributed by atoms with Gasteiger partial charge in [0.25, 0.3) is 0 Å². The zero-order chi connectivity index (χ0) is 25.5. The molecule has 5 aliphatic rings. The SMILES string of the molecule is C[C@H]1[C@H]2CCC3[C@@H]4CC=C5C[C@@H](N(C)S(=O)(=O)c6ccc(C=N)cc6)CC[C@]5(C)C4CC[C@@]32CN1C. The Labute approximate surface area is 217 Å². The minimum Gasteiger partial charge on any atom is -0.308 e. The molecule has 1 N–H and O–H groups in total. The number of hydrogen-bond acceptors (Lipinski definition) is 4. The van der Waals surface area contributed by atoms with Gasteiger partial charge in [0, 0.05) is 31.9 Å². The number of hydrogen-bond donors (Lipinski definition) is 1. The Balaban J connectivity index is 1.22. The molecule has 0 radical (unpaired) electrons. The van der Waals surface area contributed by atoms with Crippen LogP contribution in [0.15, 0.2) is 40.8 Å². The molecule has 6 heteroatoms. The molecule has 1 aliphatic heterocycles. The molecule has 0 aromatic heterocycles. The second-order valence-corrected chi connectivity index (χ2v) is 15.0. The lowest BCUT2D eigenvalue weighted by atomic mass is 9.47. The van der Waals surface area contributed by atoms with Crippen LogP contribution in [0.5, 0.6) is 0 Å². The summed E-state index contributed by atoms with van der Waals surface area (Å²) in [5.74, 6) is 3.31. The number of allylic oxidation sites excluding steroid dienone is 1. The lowest BCUT2D eigenvalue weighted by Crippen LogP contribution is -2.53. The van der Waals surface area contributed by atoms with Crippen molar-refractivity contribution in [3.8, 4) is 0 Å². The van der Waals surface area contributed by atoms with Gasteiger partial charge in [-0.05, 0) is 118 Å². The summed E-state index contributed by atoms with van der Waals surface area (Å²) in [6.07, 6.45) is 13.5. The van der Waals surface area contributed by atoms with E-state index in [9.17, 15) is 8.42 Å². The fraction of sp³-hybridized carbons (Fsp3) is 0.700. The highest BCUT2D eigenvalue weighted by molar-refractivity contribution is 7.89. The van der Waals surface area contributed by atoms with Crippen molar-refractivity contribution in [1.29, 1.82) is 5.41 Å². The molecule has 196 valence electrons. The van der Waals surface area contributed by atoms with Gasteiger partial charge in [0.05, 0.1) is 4.90 Å². The predicted molar refractivity (Wildman–Crippen MR) is 145 cm³/mol. The van der Waals surface area contributed by atoms with Crippen LogP contribution in [0, 0.1) is 39.9 Å². The average molecular weight is 510 g/mol. The Bertz CT molecular complexity index is 1180. The molecule has 6 rings (SSSR count). The molecule has 3 saturated carbocycles. The third-order valence-corrected chi connectivity index (χ3v) is 13.8. The smallest absolute Gasteiger partial charge is 0.243 e. The molecule has 2 unspecified atom stereocenters. The van der Waals surface area contributed by atoms with Gasteiger partial charge in [-0.25, -0.2) is 8.42 Å². The zero-order valence-corrected chi connectivity index (χ0v) is 23.2. The topological polar surface area (TPSA) is 64.5 Å². The summed E-state index contributed by atoms with van der Waals surface area (Å²) in [5.41, 5.74) is 3.03. The Kier molecular flexibility index (Phi) is 5.86. The van der Waals surface area contributed by atoms with E-state index in [1.807, 2.05) is 0 Å². The Hall–Kier alpha value is -1.50. The fourth-order valence-corrected chi connectivity index (χ4v) is 11.2. The van der Waals surface area contributed by atoms with E-state index in [-0.39, 0.29) is 11.5 Å². The summed E-state index contributed by atoms with van der Waals surface area (Å²) in [4.78, 5) is 2.97. The first-order valence-corrected chi connectivity index (χ1v) is 15.5. The minimum atomic E-state index is -3.55. The van der Waals surface area contributed by atoms with E-state index in [1.54, 1.807) is 35.6 Å². The molecule has 1 spiro atoms. The van der Waals surface area contributed by atoms with Gasteiger partial charge in [-0.2, -0.15) is 4.31 Å². The van der Waals surface area contributed by atoms with Gasteiger partial charge in [-0.3, -0.25) is 0 Å². The molecule has 1 heterocycles. The third kappa shape index (κ3) is 3.39. The number of fused-ring (bicyclic) bond motifs is 4. The minimum absolute atomic E-state index is 0.0171. The number of rotatable bonds is 4. The molecule has 1 aromatic carbocycles. The van der Waals surface area contributed by atoms with E-state index in [4.69, 9.17) is 5.41 Å². The van der Waals surface area contributed by atoms with E-state index in [1.165, 1.54) is 50.4 Å². The van der Waals surface area contributed by atoms with Crippen LogP contribution < -0.4 is 0 Å². The summed E-state index contributed by atoms with van der Waals surface area (Å²) in [6.45, 7) is 6.28. The maximum Gasteiger partial charge on any atom is 0.243 e. The summed E-state index contributed by atoms with van der Waals surface area (Å²) in [7, 11) is 0.555. The highest BCUT2D eigenvalue weighted by atomic mass is 32.2. The van der Waals surface area contributed by atoms with E-state index < -0.39 is 10.0 Å². The number of nitrogens with one attached hydrogen (secondary N) is 1. The van der Waals surface area contributed by atoms with Crippen LogP contribution in [0.1, 0.15) is 70.8 Å². The molecule has 1 aromatic rings. The van der Waals surface area contributed by atoms with Crippen molar-refractivity contribution < 1.29 is 8.42 Å². The molecule has 4 aliphatic carbocycles. The highest BCUT2D eigenvalue weighted by Crippen LogP contribution is 2.68. The first-order chi connectivity index (χ1) is 17.1. The fourth-order valence-electron chi connectivity index (χ4n) is 9.85. The Morgan fingerprint density at radius 2 is 1.78 bits per heavy atom. The molecular weight excluding hydrogens is 466 g/mol. The lowest BCUT2D eigenvalue weighted by Gasteiger charge is -2.58. The van der Waals surface area contributed by atoms with Gasteiger partial charge in [0.15, 0.2) is 0 Å². The summed E-state index contributed by atoms with van der Waals surface area (Å²) < 4.78 is 28.5. The lowest BCUT2D eigenvalue weighted by molar-refractivity contribution is -0.0419. The first kappa shape index (κ1) is 24.8. The summed E-state index contributed by atoms with van der Waals surface area (Å²) in [5, 5.41) is 7.38. The van der Waals surface area contributed by atoms with Crippen molar-refractivity contribution in [1.82, 2.24) is 9.21 Å².